The molecule has 4 aliphatic rings. The highest BCUT2D eigenvalue weighted by atomic mass is 15.3. The first-order valence-electron chi connectivity index (χ1n) is 11.6. The minimum Gasteiger partial charge on any atom is -0.397 e. The van der Waals surface area contributed by atoms with Crippen molar-refractivity contribution in [2.45, 2.75) is 95.3 Å². The second-order valence-corrected chi connectivity index (χ2v) is 10.1. The van der Waals surface area contributed by atoms with Gasteiger partial charge in [-0.05, 0) is 74.8 Å². The first kappa shape index (κ1) is 17.8. The van der Waals surface area contributed by atoms with Gasteiger partial charge in [0, 0.05) is 24.2 Å². The minimum atomic E-state index is 0.576. The van der Waals surface area contributed by atoms with Gasteiger partial charge >= 0.3 is 0 Å². The van der Waals surface area contributed by atoms with E-state index in [1.165, 1.54) is 64.2 Å². The van der Waals surface area contributed by atoms with Crippen molar-refractivity contribution in [1.29, 1.82) is 0 Å². The highest BCUT2D eigenvalue weighted by Gasteiger charge is 2.46. The molecule has 1 aromatic carbocycles. The van der Waals surface area contributed by atoms with Crippen molar-refractivity contribution in [3.05, 3.63) is 24.3 Å². The van der Waals surface area contributed by atoms with Gasteiger partial charge in [0.25, 0.3) is 0 Å². The quantitative estimate of drug-likeness (QED) is 0.714. The van der Waals surface area contributed by atoms with Crippen LogP contribution in [-0.2, 0) is 0 Å². The number of rotatable bonds is 3. The fourth-order valence-electron chi connectivity index (χ4n) is 7.15. The molecule has 27 heavy (non-hydrogen) atoms. The van der Waals surface area contributed by atoms with Gasteiger partial charge in [0.15, 0.2) is 0 Å². The molecule has 2 aliphatic carbocycles. The Morgan fingerprint density at radius 1 is 0.889 bits per heavy atom. The summed E-state index contributed by atoms with van der Waals surface area (Å²) in [5.74, 6) is 2.89. The van der Waals surface area contributed by atoms with Crippen LogP contribution in [0.2, 0.25) is 0 Å². The van der Waals surface area contributed by atoms with Gasteiger partial charge in [0.1, 0.15) is 0 Å². The van der Waals surface area contributed by atoms with Crippen molar-refractivity contribution in [3.8, 4) is 0 Å². The molecule has 3 N–H and O–H groups in total. The zero-order valence-electron chi connectivity index (χ0n) is 16.9. The topological polar surface area (TPSA) is 41.3 Å². The number of nitrogens with two attached hydrogens (primary N) is 1. The zero-order chi connectivity index (χ0) is 18.4. The Hall–Kier alpha value is -1.22. The molecule has 0 aromatic heterocycles. The van der Waals surface area contributed by atoms with E-state index in [9.17, 15) is 0 Å². The molecule has 1 unspecified atom stereocenters. The molecule has 3 nitrogen and oxygen atoms in total. The first-order chi connectivity index (χ1) is 13.2. The zero-order valence-corrected chi connectivity index (χ0v) is 16.9. The number of para-hydroxylation sites is 2. The average Bonchev–Trinajstić information content (AvgIpc) is 2.66. The molecule has 4 bridgehead atoms. The van der Waals surface area contributed by atoms with E-state index in [2.05, 4.69) is 29.3 Å². The van der Waals surface area contributed by atoms with Gasteiger partial charge in [-0.25, -0.2) is 0 Å². The van der Waals surface area contributed by atoms with E-state index < -0.39 is 0 Å². The number of piperidine rings is 2. The molecule has 4 fully saturated rings. The van der Waals surface area contributed by atoms with Crippen LogP contribution >= 0.6 is 0 Å². The van der Waals surface area contributed by atoms with Crippen LogP contribution in [-0.4, -0.2) is 29.1 Å². The van der Waals surface area contributed by atoms with E-state index in [0.29, 0.717) is 6.04 Å². The lowest BCUT2D eigenvalue weighted by atomic mass is 9.67. The lowest BCUT2D eigenvalue weighted by Gasteiger charge is -2.57. The maximum atomic E-state index is 6.20. The fourth-order valence-corrected chi connectivity index (χ4v) is 7.15. The summed E-state index contributed by atoms with van der Waals surface area (Å²) in [5, 5.41) is 3.81. The lowest BCUT2D eigenvalue weighted by Crippen LogP contribution is -2.62. The van der Waals surface area contributed by atoms with Crippen LogP contribution in [0, 0.1) is 17.8 Å². The van der Waals surface area contributed by atoms with Crippen LogP contribution in [0.3, 0.4) is 0 Å². The molecule has 2 aliphatic heterocycles. The van der Waals surface area contributed by atoms with Crippen molar-refractivity contribution < 1.29 is 0 Å². The highest BCUT2D eigenvalue weighted by Crippen LogP contribution is 2.47. The highest BCUT2D eigenvalue weighted by molar-refractivity contribution is 5.66. The molecule has 1 aromatic rings. The first-order valence-corrected chi connectivity index (χ1v) is 11.6. The van der Waals surface area contributed by atoms with Crippen molar-refractivity contribution in [1.82, 2.24) is 4.90 Å². The number of anilines is 2. The Kier molecular flexibility index (Phi) is 4.83. The summed E-state index contributed by atoms with van der Waals surface area (Å²) < 4.78 is 0. The standard InChI is InChI=1S/C24H37N3/c1-16-9-10-20-14-19(26-23-8-3-2-7-22(23)25)15-24(16)27(20)21-12-17-5-4-6-18(11-17)13-21/h2-3,7-8,16-21,24,26H,4-6,9-15,25H2,1H3/t16-,17-,18+,19-,20+,21?,24+/m1/s1. The van der Waals surface area contributed by atoms with Gasteiger partial charge in [-0.1, -0.05) is 38.3 Å². The van der Waals surface area contributed by atoms with Gasteiger partial charge in [0.05, 0.1) is 11.4 Å². The number of benzene rings is 1. The molecule has 0 amide bonds. The van der Waals surface area contributed by atoms with Crippen LogP contribution < -0.4 is 11.1 Å². The van der Waals surface area contributed by atoms with E-state index >= 15 is 0 Å². The second-order valence-electron chi connectivity index (χ2n) is 10.1. The molecule has 5 rings (SSSR count). The number of nitrogens with zero attached hydrogens (tertiary/aromatic N) is 1. The Labute approximate surface area is 165 Å². The maximum Gasteiger partial charge on any atom is 0.0576 e. The number of hydrogen-bond donors (Lipinski definition) is 2. The van der Waals surface area contributed by atoms with Crippen LogP contribution in [0.15, 0.2) is 24.3 Å². The van der Waals surface area contributed by atoms with Gasteiger partial charge in [0.2, 0.25) is 0 Å². The fraction of sp³-hybridized carbons (Fsp3) is 0.750. The van der Waals surface area contributed by atoms with Crippen LogP contribution in [0.1, 0.15) is 71.1 Å². The SMILES string of the molecule is C[C@@H]1CC[C@H]2C[C@@H](Nc3ccccc3N)C[C@@H]1N2C1C[C@H]2CCC[C@@H](C1)C2. The van der Waals surface area contributed by atoms with Gasteiger partial charge < -0.3 is 11.1 Å². The Balaban J connectivity index is 1.32. The monoisotopic (exact) mass is 367 g/mol. The largest absolute Gasteiger partial charge is 0.397 e. The summed E-state index contributed by atoms with van der Waals surface area (Å²) >= 11 is 0. The molecule has 3 heteroatoms. The van der Waals surface area contributed by atoms with Crippen LogP contribution in [0.5, 0.6) is 0 Å². The number of fused-ring (bicyclic) bond motifs is 4. The third kappa shape index (κ3) is 3.48. The number of nitrogen functional groups attached to an aromatic ring is 1. The molecular weight excluding hydrogens is 330 g/mol. The van der Waals surface area contributed by atoms with E-state index in [-0.39, 0.29) is 0 Å². The van der Waals surface area contributed by atoms with Crippen molar-refractivity contribution >= 4 is 11.4 Å². The Morgan fingerprint density at radius 3 is 2.44 bits per heavy atom. The molecule has 0 radical (unpaired) electrons. The molecule has 148 valence electrons. The summed E-state index contributed by atoms with van der Waals surface area (Å²) in [6.45, 7) is 2.51. The molecule has 2 saturated carbocycles. The summed E-state index contributed by atoms with van der Waals surface area (Å²) in [6, 6.07) is 11.3. The Bertz CT molecular complexity index is 647. The number of hydrogen-bond acceptors (Lipinski definition) is 3. The predicted molar refractivity (Wildman–Crippen MR) is 114 cm³/mol. The van der Waals surface area contributed by atoms with Gasteiger partial charge in [-0.15, -0.1) is 0 Å². The van der Waals surface area contributed by atoms with E-state index in [0.717, 1.165) is 47.3 Å². The van der Waals surface area contributed by atoms with Crippen molar-refractivity contribution in [3.63, 3.8) is 0 Å². The molecule has 2 saturated heterocycles. The van der Waals surface area contributed by atoms with Gasteiger partial charge in [-0.3, -0.25) is 4.90 Å². The minimum absolute atomic E-state index is 0.576. The third-order valence-corrected chi connectivity index (χ3v) is 8.34. The summed E-state index contributed by atoms with van der Waals surface area (Å²) in [4.78, 5) is 3.05. The normalized spacial score (nSPS) is 41.9. The van der Waals surface area contributed by atoms with Crippen molar-refractivity contribution in [2.24, 2.45) is 17.8 Å². The molecular formula is C24H37N3. The van der Waals surface area contributed by atoms with E-state index in [1.54, 1.807) is 0 Å². The summed E-state index contributed by atoms with van der Waals surface area (Å²) in [7, 11) is 0. The summed E-state index contributed by atoms with van der Waals surface area (Å²) in [6.07, 6.45) is 14.4. The van der Waals surface area contributed by atoms with Crippen LogP contribution in [0.4, 0.5) is 11.4 Å². The molecule has 2 heterocycles. The predicted octanol–water partition coefficient (Wildman–Crippen LogP) is 5.28. The summed E-state index contributed by atoms with van der Waals surface area (Å²) in [5.41, 5.74) is 8.22. The maximum absolute atomic E-state index is 6.20. The second kappa shape index (κ2) is 7.31. The lowest BCUT2D eigenvalue weighted by molar-refractivity contribution is -0.0593. The third-order valence-electron chi connectivity index (χ3n) is 8.34. The van der Waals surface area contributed by atoms with E-state index in [4.69, 9.17) is 5.73 Å². The Morgan fingerprint density at radius 2 is 1.67 bits per heavy atom. The van der Waals surface area contributed by atoms with E-state index in [1.807, 2.05) is 12.1 Å². The van der Waals surface area contributed by atoms with Gasteiger partial charge in [-0.2, -0.15) is 0 Å². The van der Waals surface area contributed by atoms with Crippen molar-refractivity contribution in [2.75, 3.05) is 11.1 Å². The molecule has 7 atom stereocenters. The smallest absolute Gasteiger partial charge is 0.0576 e. The average molecular weight is 368 g/mol. The molecule has 0 spiro atoms. The van der Waals surface area contributed by atoms with Crippen LogP contribution in [0.25, 0.3) is 0 Å². The number of nitrogens with one attached hydrogen (secondary N) is 1.